The summed E-state index contributed by atoms with van der Waals surface area (Å²) in [6.45, 7) is 2.24. The first-order chi connectivity index (χ1) is 10.8. The van der Waals surface area contributed by atoms with Gasteiger partial charge in [0.05, 0.1) is 6.61 Å². The maximum atomic E-state index is 11.8. The van der Waals surface area contributed by atoms with Gasteiger partial charge in [-0.15, -0.1) is 0 Å². The monoisotopic (exact) mass is 293 g/mol. The quantitative estimate of drug-likeness (QED) is 0.875. The highest BCUT2D eigenvalue weighted by molar-refractivity contribution is 5.83. The van der Waals surface area contributed by atoms with Crippen molar-refractivity contribution in [3.05, 3.63) is 66.4 Å². The van der Waals surface area contributed by atoms with Crippen LogP contribution in [-0.2, 0) is 9.53 Å². The van der Waals surface area contributed by atoms with Gasteiger partial charge in [0, 0.05) is 12.6 Å². The first-order valence-electron chi connectivity index (χ1n) is 7.55. The SMILES string of the molecule is CCOC(=O)C1CC(c2cccc(-c3ccccc3)c2)=CN1. The van der Waals surface area contributed by atoms with Gasteiger partial charge >= 0.3 is 5.97 Å². The first-order valence-corrected chi connectivity index (χ1v) is 7.55. The van der Waals surface area contributed by atoms with Crippen LogP contribution in [-0.4, -0.2) is 18.6 Å². The largest absolute Gasteiger partial charge is 0.464 e. The molecule has 0 saturated carbocycles. The van der Waals surface area contributed by atoms with Crippen molar-refractivity contribution in [3.8, 4) is 11.1 Å². The molecule has 0 spiro atoms. The molecular weight excluding hydrogens is 274 g/mol. The molecule has 0 aliphatic carbocycles. The minimum Gasteiger partial charge on any atom is -0.464 e. The maximum Gasteiger partial charge on any atom is 0.328 e. The maximum absolute atomic E-state index is 11.8. The molecule has 1 unspecified atom stereocenters. The third kappa shape index (κ3) is 3.03. The molecule has 3 heteroatoms. The van der Waals surface area contributed by atoms with Crippen LogP contribution >= 0.6 is 0 Å². The van der Waals surface area contributed by atoms with Crippen LogP contribution < -0.4 is 5.32 Å². The van der Waals surface area contributed by atoms with Crippen LogP contribution in [0.2, 0.25) is 0 Å². The van der Waals surface area contributed by atoms with Gasteiger partial charge in [-0.1, -0.05) is 48.5 Å². The number of carbonyl (C=O) groups is 1. The van der Waals surface area contributed by atoms with Crippen LogP contribution in [0.4, 0.5) is 0 Å². The molecule has 2 aromatic carbocycles. The number of nitrogens with one attached hydrogen (secondary N) is 1. The summed E-state index contributed by atoms with van der Waals surface area (Å²) in [6.07, 6.45) is 2.59. The Morgan fingerprint density at radius 2 is 1.82 bits per heavy atom. The highest BCUT2D eigenvalue weighted by atomic mass is 16.5. The zero-order valence-electron chi connectivity index (χ0n) is 12.6. The van der Waals surface area contributed by atoms with E-state index in [2.05, 4.69) is 41.7 Å². The second-order valence-corrected chi connectivity index (χ2v) is 5.29. The molecule has 0 amide bonds. The highest BCUT2D eigenvalue weighted by Crippen LogP contribution is 2.28. The van der Waals surface area contributed by atoms with Crippen molar-refractivity contribution in [2.75, 3.05) is 6.61 Å². The van der Waals surface area contributed by atoms with E-state index in [1.54, 1.807) is 0 Å². The van der Waals surface area contributed by atoms with Gasteiger partial charge in [-0.05, 0) is 35.3 Å². The number of esters is 1. The van der Waals surface area contributed by atoms with Gasteiger partial charge < -0.3 is 10.1 Å². The fourth-order valence-corrected chi connectivity index (χ4v) is 2.66. The van der Waals surface area contributed by atoms with Crippen molar-refractivity contribution >= 4 is 11.5 Å². The highest BCUT2D eigenvalue weighted by Gasteiger charge is 2.25. The van der Waals surface area contributed by atoms with E-state index >= 15 is 0 Å². The molecular formula is C19H19NO2. The lowest BCUT2D eigenvalue weighted by molar-refractivity contribution is -0.145. The molecule has 1 N–H and O–H groups in total. The summed E-state index contributed by atoms with van der Waals surface area (Å²) in [5.74, 6) is -0.187. The van der Waals surface area contributed by atoms with Gasteiger partial charge in [0.1, 0.15) is 6.04 Å². The van der Waals surface area contributed by atoms with E-state index < -0.39 is 0 Å². The van der Waals surface area contributed by atoms with E-state index in [9.17, 15) is 4.79 Å². The van der Waals surface area contributed by atoms with Crippen molar-refractivity contribution in [1.29, 1.82) is 0 Å². The van der Waals surface area contributed by atoms with Gasteiger partial charge in [0.25, 0.3) is 0 Å². The zero-order chi connectivity index (χ0) is 15.4. The van der Waals surface area contributed by atoms with Gasteiger partial charge in [-0.2, -0.15) is 0 Å². The van der Waals surface area contributed by atoms with Crippen molar-refractivity contribution < 1.29 is 9.53 Å². The summed E-state index contributed by atoms with van der Waals surface area (Å²) < 4.78 is 5.07. The number of benzene rings is 2. The average Bonchev–Trinajstić information content (AvgIpc) is 3.06. The molecule has 0 bridgehead atoms. The van der Waals surface area contributed by atoms with Crippen LogP contribution in [0.1, 0.15) is 18.9 Å². The minimum absolute atomic E-state index is 0.187. The summed E-state index contributed by atoms with van der Waals surface area (Å²) in [4.78, 5) is 11.8. The average molecular weight is 293 g/mol. The third-order valence-corrected chi connectivity index (χ3v) is 3.79. The fraction of sp³-hybridized carbons (Fsp3) is 0.211. The molecule has 1 aliphatic heterocycles. The summed E-state index contributed by atoms with van der Waals surface area (Å²) in [5.41, 5.74) is 4.65. The summed E-state index contributed by atoms with van der Waals surface area (Å²) in [6, 6.07) is 18.4. The molecule has 0 radical (unpaired) electrons. The van der Waals surface area contributed by atoms with E-state index in [0.29, 0.717) is 13.0 Å². The Kier molecular flexibility index (Phi) is 4.24. The van der Waals surface area contributed by atoms with Crippen molar-refractivity contribution in [2.45, 2.75) is 19.4 Å². The van der Waals surface area contributed by atoms with Crippen molar-refractivity contribution in [2.24, 2.45) is 0 Å². The van der Waals surface area contributed by atoms with Crippen LogP contribution in [0.15, 0.2) is 60.8 Å². The lowest BCUT2D eigenvalue weighted by Gasteiger charge is -2.10. The standard InChI is InChI=1S/C19H19NO2/c1-2-22-19(21)18-12-17(13-20-18)16-10-6-9-15(11-16)14-7-4-3-5-8-14/h3-11,13,18,20H,2,12H2,1H3. The van der Waals surface area contributed by atoms with Crippen molar-refractivity contribution in [1.82, 2.24) is 5.32 Å². The molecule has 0 fully saturated rings. The molecule has 1 heterocycles. The Hall–Kier alpha value is -2.55. The molecule has 1 atom stereocenters. The lowest BCUT2D eigenvalue weighted by Crippen LogP contribution is -2.31. The number of rotatable bonds is 4. The molecule has 2 aromatic rings. The number of ether oxygens (including phenoxy) is 1. The predicted molar refractivity (Wildman–Crippen MR) is 88.0 cm³/mol. The van der Waals surface area contributed by atoms with E-state index in [-0.39, 0.29) is 12.0 Å². The third-order valence-electron chi connectivity index (χ3n) is 3.79. The van der Waals surface area contributed by atoms with Crippen LogP contribution in [0.5, 0.6) is 0 Å². The van der Waals surface area contributed by atoms with Gasteiger partial charge in [-0.3, -0.25) is 0 Å². The number of hydrogen-bond acceptors (Lipinski definition) is 3. The zero-order valence-corrected chi connectivity index (χ0v) is 12.6. The Labute approximate surface area is 130 Å². The Morgan fingerprint density at radius 1 is 1.09 bits per heavy atom. The topological polar surface area (TPSA) is 38.3 Å². The molecule has 112 valence electrons. The van der Waals surface area contributed by atoms with Gasteiger partial charge in [0.15, 0.2) is 0 Å². The fourth-order valence-electron chi connectivity index (χ4n) is 2.66. The van der Waals surface area contributed by atoms with E-state index in [1.807, 2.05) is 31.3 Å². The van der Waals surface area contributed by atoms with E-state index in [1.165, 1.54) is 11.1 Å². The van der Waals surface area contributed by atoms with Crippen LogP contribution in [0.3, 0.4) is 0 Å². The van der Waals surface area contributed by atoms with Gasteiger partial charge in [-0.25, -0.2) is 4.79 Å². The second kappa shape index (κ2) is 6.48. The summed E-state index contributed by atoms with van der Waals surface area (Å²) in [7, 11) is 0. The molecule has 0 saturated heterocycles. The Bertz CT molecular complexity index is 692. The minimum atomic E-state index is -0.268. The summed E-state index contributed by atoms with van der Waals surface area (Å²) >= 11 is 0. The second-order valence-electron chi connectivity index (χ2n) is 5.29. The van der Waals surface area contributed by atoms with E-state index in [0.717, 1.165) is 11.1 Å². The van der Waals surface area contributed by atoms with Crippen molar-refractivity contribution in [3.63, 3.8) is 0 Å². The molecule has 3 nitrogen and oxygen atoms in total. The normalized spacial score (nSPS) is 16.8. The summed E-state index contributed by atoms with van der Waals surface area (Å²) in [5, 5.41) is 3.11. The smallest absolute Gasteiger partial charge is 0.328 e. The van der Waals surface area contributed by atoms with Gasteiger partial charge in [0.2, 0.25) is 0 Å². The molecule has 0 aromatic heterocycles. The number of carbonyl (C=O) groups excluding carboxylic acids is 1. The molecule has 3 rings (SSSR count). The predicted octanol–water partition coefficient (Wildman–Crippen LogP) is 3.62. The Morgan fingerprint density at radius 3 is 2.59 bits per heavy atom. The number of hydrogen-bond donors (Lipinski definition) is 1. The van der Waals surface area contributed by atoms with E-state index in [4.69, 9.17) is 4.74 Å². The van der Waals surface area contributed by atoms with Crippen LogP contribution in [0, 0.1) is 0 Å². The van der Waals surface area contributed by atoms with Crippen LogP contribution in [0.25, 0.3) is 16.7 Å². The first kappa shape index (κ1) is 14.4. The molecule has 1 aliphatic rings. The lowest BCUT2D eigenvalue weighted by atomic mass is 9.97. The molecule has 22 heavy (non-hydrogen) atoms. The Balaban J connectivity index is 1.78.